The van der Waals surface area contributed by atoms with Crippen molar-refractivity contribution < 1.29 is 9.13 Å². The molecule has 90 valence electrons. The molecule has 1 fully saturated rings. The molecule has 4 heteroatoms. The number of hydrogen-bond acceptors (Lipinski definition) is 3. The summed E-state index contributed by atoms with van der Waals surface area (Å²) in [6.07, 6.45) is 4.06. The summed E-state index contributed by atoms with van der Waals surface area (Å²) < 4.78 is 21.8. The first-order valence-electron chi connectivity index (χ1n) is 5.93. The third kappa shape index (κ3) is 6.38. The van der Waals surface area contributed by atoms with E-state index in [-0.39, 0.29) is 0 Å². The normalized spacial score (nSPS) is 26.8. The third-order valence-corrected chi connectivity index (χ3v) is 3.38. The molecule has 0 aromatic heterocycles. The van der Waals surface area contributed by atoms with Crippen LogP contribution in [0.4, 0.5) is 4.39 Å². The minimum Gasteiger partial charge on any atom is -0.377 e. The van der Waals surface area contributed by atoms with E-state index < -0.39 is 6.17 Å². The fourth-order valence-electron chi connectivity index (χ4n) is 1.69. The van der Waals surface area contributed by atoms with E-state index in [9.17, 15) is 4.39 Å². The van der Waals surface area contributed by atoms with E-state index in [1.54, 1.807) is 11.9 Å². The van der Waals surface area contributed by atoms with Crippen LogP contribution in [0.5, 0.6) is 0 Å². The molecule has 2 nitrogen and oxygen atoms in total. The number of hydrogen-bond donors (Lipinski definition) is 1. The van der Waals surface area contributed by atoms with Gasteiger partial charge in [-0.3, -0.25) is 4.72 Å². The highest BCUT2D eigenvalue weighted by atomic mass is 32.2. The summed E-state index contributed by atoms with van der Waals surface area (Å²) in [6.45, 7) is 3.99. The van der Waals surface area contributed by atoms with E-state index in [0.717, 1.165) is 38.2 Å². The predicted molar refractivity (Wildman–Crippen MR) is 63.9 cm³/mol. The van der Waals surface area contributed by atoms with Crippen molar-refractivity contribution in [1.29, 1.82) is 0 Å². The van der Waals surface area contributed by atoms with Gasteiger partial charge in [0.05, 0.1) is 12.7 Å². The van der Waals surface area contributed by atoms with Crippen molar-refractivity contribution in [3.05, 3.63) is 0 Å². The maximum Gasteiger partial charge on any atom is 0.100 e. The molecule has 15 heavy (non-hydrogen) atoms. The Morgan fingerprint density at radius 1 is 1.33 bits per heavy atom. The molecule has 0 saturated heterocycles. The molecule has 1 N–H and O–H groups in total. The lowest BCUT2D eigenvalue weighted by Crippen LogP contribution is -2.23. The van der Waals surface area contributed by atoms with Gasteiger partial charge in [-0.25, -0.2) is 4.39 Å². The van der Waals surface area contributed by atoms with Crippen LogP contribution < -0.4 is 4.72 Å². The van der Waals surface area contributed by atoms with Crippen molar-refractivity contribution in [2.45, 2.75) is 51.3 Å². The molecule has 0 bridgehead atoms. The van der Waals surface area contributed by atoms with Gasteiger partial charge >= 0.3 is 0 Å². The Balaban J connectivity index is 1.87. The van der Waals surface area contributed by atoms with Gasteiger partial charge in [0.15, 0.2) is 0 Å². The molecule has 0 atom stereocenters. The molecule has 0 spiro atoms. The van der Waals surface area contributed by atoms with Crippen LogP contribution in [-0.2, 0) is 4.74 Å². The molecular formula is C11H22FNOS. The van der Waals surface area contributed by atoms with Gasteiger partial charge in [-0.05, 0) is 32.1 Å². The molecule has 1 saturated carbocycles. The Bertz CT molecular complexity index is 152. The zero-order valence-electron chi connectivity index (χ0n) is 9.51. The van der Waals surface area contributed by atoms with Crippen molar-refractivity contribution in [1.82, 2.24) is 4.72 Å². The summed E-state index contributed by atoms with van der Waals surface area (Å²) in [7, 11) is 0. The summed E-state index contributed by atoms with van der Waals surface area (Å²) in [5, 5.41) is 0. The number of ether oxygens (including phenoxy) is 1. The van der Waals surface area contributed by atoms with E-state index in [0.29, 0.717) is 18.9 Å². The summed E-state index contributed by atoms with van der Waals surface area (Å²) in [5.74, 6) is 0.982. The Morgan fingerprint density at radius 3 is 2.73 bits per heavy atom. The van der Waals surface area contributed by atoms with Crippen LogP contribution in [0.2, 0.25) is 0 Å². The molecule has 0 aliphatic heterocycles. The summed E-state index contributed by atoms with van der Waals surface area (Å²) in [4.78, 5) is 0. The van der Waals surface area contributed by atoms with E-state index in [1.807, 2.05) is 0 Å². The van der Waals surface area contributed by atoms with Crippen LogP contribution >= 0.6 is 11.9 Å². The molecule has 0 aromatic carbocycles. The molecule has 0 aromatic rings. The fraction of sp³-hybridized carbons (Fsp3) is 1.00. The molecule has 0 amide bonds. The van der Waals surface area contributed by atoms with Gasteiger partial charge in [-0.1, -0.05) is 18.9 Å². The lowest BCUT2D eigenvalue weighted by Gasteiger charge is -2.24. The van der Waals surface area contributed by atoms with Crippen LogP contribution in [0, 0.1) is 0 Å². The molecule has 0 unspecified atom stereocenters. The molecule has 0 heterocycles. The van der Waals surface area contributed by atoms with E-state index >= 15 is 0 Å². The molecule has 1 aliphatic carbocycles. The second-order valence-corrected chi connectivity index (χ2v) is 4.97. The summed E-state index contributed by atoms with van der Waals surface area (Å²) in [5.41, 5.74) is 0. The highest BCUT2D eigenvalue weighted by Crippen LogP contribution is 2.23. The predicted octanol–water partition coefficient (Wildman–Crippen LogP) is 2.93. The highest BCUT2D eigenvalue weighted by molar-refractivity contribution is 7.97. The van der Waals surface area contributed by atoms with Crippen LogP contribution in [0.25, 0.3) is 0 Å². The van der Waals surface area contributed by atoms with Crippen LogP contribution in [0.1, 0.15) is 39.0 Å². The molecule has 1 rings (SSSR count). The highest BCUT2D eigenvalue weighted by Gasteiger charge is 2.20. The van der Waals surface area contributed by atoms with Gasteiger partial charge in [0.25, 0.3) is 0 Å². The van der Waals surface area contributed by atoms with Crippen molar-refractivity contribution in [2.24, 2.45) is 0 Å². The Labute approximate surface area is 96.5 Å². The van der Waals surface area contributed by atoms with Crippen molar-refractivity contribution in [3.8, 4) is 0 Å². The van der Waals surface area contributed by atoms with Gasteiger partial charge in [0, 0.05) is 12.3 Å². The first-order valence-corrected chi connectivity index (χ1v) is 6.91. The van der Waals surface area contributed by atoms with Crippen LogP contribution in [-0.4, -0.2) is 31.2 Å². The number of alkyl halides is 1. The average Bonchev–Trinajstić information content (AvgIpc) is 2.26. The number of halogens is 1. The smallest absolute Gasteiger partial charge is 0.100 e. The average molecular weight is 235 g/mol. The largest absolute Gasteiger partial charge is 0.377 e. The molecular weight excluding hydrogens is 213 g/mol. The topological polar surface area (TPSA) is 21.3 Å². The second kappa shape index (κ2) is 8.36. The monoisotopic (exact) mass is 235 g/mol. The Morgan fingerprint density at radius 2 is 2.07 bits per heavy atom. The van der Waals surface area contributed by atoms with Gasteiger partial charge in [-0.2, -0.15) is 0 Å². The van der Waals surface area contributed by atoms with Gasteiger partial charge in [-0.15, -0.1) is 0 Å². The third-order valence-electron chi connectivity index (χ3n) is 2.60. The van der Waals surface area contributed by atoms with Crippen molar-refractivity contribution in [3.63, 3.8) is 0 Å². The van der Waals surface area contributed by atoms with Gasteiger partial charge in [0.2, 0.25) is 0 Å². The molecule has 0 radical (unpaired) electrons. The number of rotatable bonds is 7. The van der Waals surface area contributed by atoms with Crippen molar-refractivity contribution in [2.75, 3.05) is 18.9 Å². The zero-order chi connectivity index (χ0) is 10.9. The SMILES string of the molecule is CCCNSCCOC1CCC(F)CC1. The lowest BCUT2D eigenvalue weighted by molar-refractivity contribution is 0.0216. The minimum atomic E-state index is -0.578. The lowest BCUT2D eigenvalue weighted by atomic mass is 9.96. The number of nitrogens with one attached hydrogen (secondary N) is 1. The van der Waals surface area contributed by atoms with Crippen molar-refractivity contribution >= 4 is 11.9 Å². The first-order chi connectivity index (χ1) is 7.33. The zero-order valence-corrected chi connectivity index (χ0v) is 10.3. The molecule has 1 aliphatic rings. The maximum atomic E-state index is 12.8. The van der Waals surface area contributed by atoms with E-state index in [1.165, 1.54) is 0 Å². The van der Waals surface area contributed by atoms with E-state index in [2.05, 4.69) is 11.6 Å². The van der Waals surface area contributed by atoms with Gasteiger partial charge in [0.1, 0.15) is 6.17 Å². The first kappa shape index (κ1) is 13.3. The quantitative estimate of drug-likeness (QED) is 0.541. The fourth-order valence-corrected chi connectivity index (χ4v) is 2.36. The summed E-state index contributed by atoms with van der Waals surface area (Å²) in [6, 6.07) is 0. The van der Waals surface area contributed by atoms with Gasteiger partial charge < -0.3 is 4.74 Å². The standard InChI is InChI=1S/C11H22FNOS/c1-2-7-13-15-9-8-14-11-5-3-10(12)4-6-11/h10-11,13H,2-9H2,1H3. The Hall–Kier alpha value is 0.200. The van der Waals surface area contributed by atoms with E-state index in [4.69, 9.17) is 4.74 Å². The Kier molecular flexibility index (Phi) is 7.40. The van der Waals surface area contributed by atoms with Crippen LogP contribution in [0.15, 0.2) is 0 Å². The summed E-state index contributed by atoms with van der Waals surface area (Å²) >= 11 is 1.72. The second-order valence-electron chi connectivity index (χ2n) is 3.99. The van der Waals surface area contributed by atoms with Crippen LogP contribution in [0.3, 0.4) is 0 Å². The minimum absolute atomic E-state index is 0.309. The maximum absolute atomic E-state index is 12.8.